The Bertz CT molecular complexity index is 564. The molecule has 0 atom stereocenters. The molecule has 0 bridgehead atoms. The van der Waals surface area contributed by atoms with E-state index >= 15 is 0 Å². The monoisotopic (exact) mass is 233 g/mol. The van der Waals surface area contributed by atoms with Crippen molar-refractivity contribution in [1.82, 2.24) is 9.55 Å². The molecule has 2 aromatic rings. The van der Waals surface area contributed by atoms with Crippen LogP contribution in [-0.2, 0) is 0 Å². The number of aryl methyl sites for hydroxylation is 1. The number of imidazole rings is 1. The number of halogens is 2. The van der Waals surface area contributed by atoms with Crippen LogP contribution in [0.5, 0.6) is 0 Å². The highest BCUT2D eigenvalue weighted by Crippen LogP contribution is 2.24. The van der Waals surface area contributed by atoms with E-state index in [1.165, 1.54) is 6.20 Å². The summed E-state index contributed by atoms with van der Waals surface area (Å²) in [5.41, 5.74) is 1.59. The van der Waals surface area contributed by atoms with Gasteiger partial charge in [-0.05, 0) is 31.2 Å². The average molecular weight is 233 g/mol. The van der Waals surface area contributed by atoms with Crippen molar-refractivity contribution in [2.45, 2.75) is 13.5 Å². The molecule has 2 rings (SSSR count). The Labute approximate surface area is 96.9 Å². The van der Waals surface area contributed by atoms with E-state index in [9.17, 15) is 8.78 Å². The topological polar surface area (TPSA) is 41.6 Å². The molecule has 5 heteroatoms. The van der Waals surface area contributed by atoms with Gasteiger partial charge in [0.1, 0.15) is 5.82 Å². The second-order valence-electron chi connectivity index (χ2n) is 3.58. The fraction of sp³-hybridized carbons (Fsp3) is 0.167. The number of nitriles is 1. The van der Waals surface area contributed by atoms with Gasteiger partial charge in [-0.3, -0.25) is 4.57 Å². The highest BCUT2D eigenvalue weighted by Gasteiger charge is 2.14. The van der Waals surface area contributed by atoms with Gasteiger partial charge in [0.25, 0.3) is 0 Å². The van der Waals surface area contributed by atoms with E-state index in [1.54, 1.807) is 31.2 Å². The van der Waals surface area contributed by atoms with Gasteiger partial charge >= 0.3 is 6.55 Å². The summed E-state index contributed by atoms with van der Waals surface area (Å²) in [7, 11) is 0. The molecule has 0 saturated heterocycles. The Hall–Kier alpha value is -2.22. The Morgan fingerprint density at radius 2 is 1.94 bits per heavy atom. The van der Waals surface area contributed by atoms with Crippen LogP contribution in [0.4, 0.5) is 8.78 Å². The molecule has 3 nitrogen and oxygen atoms in total. The van der Waals surface area contributed by atoms with E-state index in [2.05, 4.69) is 4.98 Å². The second-order valence-corrected chi connectivity index (χ2v) is 3.58. The molecular formula is C12H9F2N3. The molecule has 1 aromatic carbocycles. The number of alkyl halides is 2. The fourth-order valence-electron chi connectivity index (χ4n) is 1.57. The van der Waals surface area contributed by atoms with Crippen LogP contribution in [0.2, 0.25) is 0 Å². The van der Waals surface area contributed by atoms with Crippen LogP contribution in [0.15, 0.2) is 30.5 Å². The number of nitrogens with zero attached hydrogens (tertiary/aromatic N) is 3. The summed E-state index contributed by atoms with van der Waals surface area (Å²) in [6.07, 6.45) is 1.30. The molecule has 86 valence electrons. The van der Waals surface area contributed by atoms with Crippen LogP contribution in [0.25, 0.3) is 11.4 Å². The molecule has 17 heavy (non-hydrogen) atoms. The van der Waals surface area contributed by atoms with Gasteiger partial charge in [-0.15, -0.1) is 0 Å². The lowest BCUT2D eigenvalue weighted by Gasteiger charge is -2.05. The number of aromatic nitrogens is 2. The van der Waals surface area contributed by atoms with E-state index in [0.29, 0.717) is 16.8 Å². The summed E-state index contributed by atoms with van der Waals surface area (Å²) in [4.78, 5) is 4.06. The number of benzene rings is 1. The van der Waals surface area contributed by atoms with Crippen LogP contribution in [0.1, 0.15) is 17.8 Å². The molecule has 0 saturated carbocycles. The normalized spacial score (nSPS) is 10.5. The standard InChI is InChI=1S/C12H9F2N3/c1-8-7-17(12(13)14)11(16-8)10-4-2-9(6-15)3-5-10/h2-5,7,12H,1H3. The van der Waals surface area contributed by atoms with Crippen LogP contribution < -0.4 is 0 Å². The van der Waals surface area contributed by atoms with Gasteiger partial charge in [0.05, 0.1) is 17.3 Å². The molecule has 0 unspecified atom stereocenters. The predicted molar refractivity (Wildman–Crippen MR) is 58.4 cm³/mol. The molecule has 0 aliphatic rings. The van der Waals surface area contributed by atoms with Crippen molar-refractivity contribution in [2.75, 3.05) is 0 Å². The van der Waals surface area contributed by atoms with Gasteiger partial charge in [-0.2, -0.15) is 14.0 Å². The molecule has 0 fully saturated rings. The zero-order valence-corrected chi connectivity index (χ0v) is 9.06. The molecule has 0 aliphatic heterocycles. The predicted octanol–water partition coefficient (Wildman–Crippen LogP) is 3.13. The van der Waals surface area contributed by atoms with Crippen molar-refractivity contribution in [2.24, 2.45) is 0 Å². The van der Waals surface area contributed by atoms with Crippen LogP contribution >= 0.6 is 0 Å². The summed E-state index contributed by atoms with van der Waals surface area (Å²) in [5.74, 6) is 0.210. The number of hydrogen-bond acceptors (Lipinski definition) is 2. The van der Waals surface area contributed by atoms with E-state index in [-0.39, 0.29) is 5.82 Å². The third-order valence-electron chi connectivity index (χ3n) is 2.34. The number of rotatable bonds is 2. The van der Waals surface area contributed by atoms with Crippen LogP contribution in [0.3, 0.4) is 0 Å². The molecule has 0 radical (unpaired) electrons. The SMILES string of the molecule is Cc1cn(C(F)F)c(-c2ccc(C#N)cc2)n1. The molecule has 1 heterocycles. The maximum atomic E-state index is 12.7. The lowest BCUT2D eigenvalue weighted by Crippen LogP contribution is -1.99. The van der Waals surface area contributed by atoms with E-state index in [4.69, 9.17) is 5.26 Å². The summed E-state index contributed by atoms with van der Waals surface area (Å²) in [6, 6.07) is 8.35. The van der Waals surface area contributed by atoms with Gasteiger partial charge < -0.3 is 0 Å². The first-order valence-electron chi connectivity index (χ1n) is 4.96. The van der Waals surface area contributed by atoms with Gasteiger partial charge in [-0.1, -0.05) is 0 Å². The minimum absolute atomic E-state index is 0.210. The Morgan fingerprint density at radius 1 is 1.29 bits per heavy atom. The van der Waals surface area contributed by atoms with Crippen molar-refractivity contribution in [3.63, 3.8) is 0 Å². The Kier molecular flexibility index (Phi) is 2.88. The zero-order chi connectivity index (χ0) is 12.4. The molecule has 0 N–H and O–H groups in total. The maximum absolute atomic E-state index is 12.7. The van der Waals surface area contributed by atoms with E-state index in [1.807, 2.05) is 6.07 Å². The van der Waals surface area contributed by atoms with Gasteiger partial charge in [0.15, 0.2) is 0 Å². The third-order valence-corrected chi connectivity index (χ3v) is 2.34. The highest BCUT2D eigenvalue weighted by molar-refractivity contribution is 5.57. The molecule has 0 amide bonds. The van der Waals surface area contributed by atoms with Crippen molar-refractivity contribution in [1.29, 1.82) is 5.26 Å². The Morgan fingerprint density at radius 3 is 2.47 bits per heavy atom. The minimum Gasteiger partial charge on any atom is -0.273 e. The molecule has 1 aromatic heterocycles. The summed E-state index contributed by atoms with van der Waals surface area (Å²) < 4.78 is 26.3. The first-order valence-corrected chi connectivity index (χ1v) is 4.96. The fourth-order valence-corrected chi connectivity index (χ4v) is 1.57. The molecule has 0 aliphatic carbocycles. The lowest BCUT2D eigenvalue weighted by atomic mass is 10.1. The zero-order valence-electron chi connectivity index (χ0n) is 9.06. The quantitative estimate of drug-likeness (QED) is 0.799. The van der Waals surface area contributed by atoms with E-state index in [0.717, 1.165) is 4.57 Å². The van der Waals surface area contributed by atoms with Crippen LogP contribution in [-0.4, -0.2) is 9.55 Å². The molecular weight excluding hydrogens is 224 g/mol. The smallest absolute Gasteiger partial charge is 0.273 e. The van der Waals surface area contributed by atoms with E-state index < -0.39 is 6.55 Å². The summed E-state index contributed by atoms with van der Waals surface area (Å²) >= 11 is 0. The first kappa shape index (κ1) is 11.3. The second kappa shape index (κ2) is 4.34. The maximum Gasteiger partial charge on any atom is 0.320 e. The van der Waals surface area contributed by atoms with Gasteiger partial charge in [-0.25, -0.2) is 4.98 Å². The van der Waals surface area contributed by atoms with Gasteiger partial charge in [0, 0.05) is 11.8 Å². The Balaban J connectivity index is 2.49. The molecule has 0 spiro atoms. The average Bonchev–Trinajstić information content (AvgIpc) is 2.72. The largest absolute Gasteiger partial charge is 0.320 e. The summed E-state index contributed by atoms with van der Waals surface area (Å²) in [6.45, 7) is -0.965. The van der Waals surface area contributed by atoms with Gasteiger partial charge in [0.2, 0.25) is 0 Å². The first-order chi connectivity index (χ1) is 8.11. The number of hydrogen-bond donors (Lipinski definition) is 0. The minimum atomic E-state index is -2.62. The summed E-state index contributed by atoms with van der Waals surface area (Å²) in [5, 5.41) is 8.66. The lowest BCUT2D eigenvalue weighted by molar-refractivity contribution is 0.0719. The third kappa shape index (κ3) is 2.16. The van der Waals surface area contributed by atoms with Crippen molar-refractivity contribution in [3.8, 4) is 17.5 Å². The van der Waals surface area contributed by atoms with Crippen molar-refractivity contribution < 1.29 is 8.78 Å². The van der Waals surface area contributed by atoms with Crippen molar-refractivity contribution in [3.05, 3.63) is 41.7 Å². The van der Waals surface area contributed by atoms with Crippen molar-refractivity contribution >= 4 is 0 Å². The highest BCUT2D eigenvalue weighted by atomic mass is 19.3. The van der Waals surface area contributed by atoms with Crippen LogP contribution in [0, 0.1) is 18.3 Å².